The lowest BCUT2D eigenvalue weighted by atomic mass is 9.87. The molecule has 1 N–H and O–H groups in total. The molecule has 86 valence electrons. The first-order valence-corrected chi connectivity index (χ1v) is 6.02. The molecule has 2 atom stereocenters. The largest absolute Gasteiger partial charge is 0.311 e. The van der Waals surface area contributed by atoms with Crippen molar-refractivity contribution >= 4 is 5.78 Å². The van der Waals surface area contributed by atoms with Gasteiger partial charge in [0.1, 0.15) is 5.69 Å². The van der Waals surface area contributed by atoms with E-state index in [1.165, 1.54) is 12.8 Å². The van der Waals surface area contributed by atoms with Gasteiger partial charge in [0.2, 0.25) is 0 Å². The maximum absolute atomic E-state index is 12.2. The van der Waals surface area contributed by atoms with Crippen LogP contribution in [-0.4, -0.2) is 27.6 Å². The van der Waals surface area contributed by atoms with E-state index in [2.05, 4.69) is 10.4 Å². The molecule has 4 heteroatoms. The molecule has 2 aliphatic rings. The third-order valence-corrected chi connectivity index (χ3v) is 3.81. The SMILES string of the molecule is Cn1ccc(C(=O)C2CC3CCC(C2)N3)n1. The molecule has 2 fully saturated rings. The highest BCUT2D eigenvalue weighted by Crippen LogP contribution is 2.32. The van der Waals surface area contributed by atoms with Crippen LogP contribution in [-0.2, 0) is 7.05 Å². The maximum atomic E-state index is 12.2. The lowest BCUT2D eigenvalue weighted by molar-refractivity contribution is 0.0869. The van der Waals surface area contributed by atoms with E-state index in [0.717, 1.165) is 12.8 Å². The van der Waals surface area contributed by atoms with Crippen LogP contribution in [0.15, 0.2) is 12.3 Å². The minimum Gasteiger partial charge on any atom is -0.311 e. The zero-order chi connectivity index (χ0) is 11.1. The van der Waals surface area contributed by atoms with Gasteiger partial charge in [0.05, 0.1) is 0 Å². The molecule has 0 aromatic carbocycles. The van der Waals surface area contributed by atoms with E-state index in [4.69, 9.17) is 0 Å². The number of ketones is 1. The second-order valence-corrected chi connectivity index (χ2v) is 5.05. The Labute approximate surface area is 95.0 Å². The van der Waals surface area contributed by atoms with Crippen LogP contribution in [0.5, 0.6) is 0 Å². The highest BCUT2D eigenvalue weighted by molar-refractivity contribution is 5.96. The van der Waals surface area contributed by atoms with Gasteiger partial charge in [-0.2, -0.15) is 5.10 Å². The highest BCUT2D eigenvalue weighted by Gasteiger charge is 2.37. The van der Waals surface area contributed by atoms with Crippen molar-refractivity contribution in [2.24, 2.45) is 13.0 Å². The number of carbonyl (C=O) groups excluding carboxylic acids is 1. The smallest absolute Gasteiger partial charge is 0.186 e. The molecule has 0 amide bonds. The molecule has 0 aliphatic carbocycles. The Morgan fingerprint density at radius 1 is 1.44 bits per heavy atom. The summed E-state index contributed by atoms with van der Waals surface area (Å²) in [6, 6.07) is 2.96. The highest BCUT2D eigenvalue weighted by atomic mass is 16.1. The summed E-state index contributed by atoms with van der Waals surface area (Å²) in [4.78, 5) is 12.2. The number of nitrogens with zero attached hydrogens (tertiary/aromatic N) is 2. The molecule has 1 aromatic rings. The average Bonchev–Trinajstić information content (AvgIpc) is 2.84. The normalized spacial score (nSPS) is 32.9. The number of hydrogen-bond acceptors (Lipinski definition) is 3. The first-order valence-electron chi connectivity index (χ1n) is 6.02. The van der Waals surface area contributed by atoms with Gasteiger partial charge in [0, 0.05) is 31.2 Å². The molecule has 0 spiro atoms. The Morgan fingerprint density at radius 3 is 2.69 bits per heavy atom. The quantitative estimate of drug-likeness (QED) is 0.759. The van der Waals surface area contributed by atoms with Gasteiger partial charge < -0.3 is 5.32 Å². The Bertz CT molecular complexity index is 400. The molecular formula is C12H17N3O. The second kappa shape index (κ2) is 3.70. The van der Waals surface area contributed by atoms with Crippen molar-refractivity contribution in [3.8, 4) is 0 Å². The number of fused-ring (bicyclic) bond motifs is 2. The van der Waals surface area contributed by atoms with Crippen LogP contribution >= 0.6 is 0 Å². The molecule has 0 radical (unpaired) electrons. The van der Waals surface area contributed by atoms with Gasteiger partial charge in [-0.3, -0.25) is 9.48 Å². The molecule has 1 aromatic heterocycles. The summed E-state index contributed by atoms with van der Waals surface area (Å²) >= 11 is 0. The Morgan fingerprint density at radius 2 is 2.12 bits per heavy atom. The van der Waals surface area contributed by atoms with Crippen molar-refractivity contribution in [2.75, 3.05) is 0 Å². The van der Waals surface area contributed by atoms with Crippen molar-refractivity contribution in [1.82, 2.24) is 15.1 Å². The lowest BCUT2D eigenvalue weighted by Gasteiger charge is -2.27. The van der Waals surface area contributed by atoms with Crippen molar-refractivity contribution in [2.45, 2.75) is 37.8 Å². The summed E-state index contributed by atoms with van der Waals surface area (Å²) in [6.07, 6.45) is 6.29. The van der Waals surface area contributed by atoms with E-state index >= 15 is 0 Å². The molecule has 3 rings (SSSR count). The summed E-state index contributed by atoms with van der Waals surface area (Å²) in [5.74, 6) is 0.424. The fourth-order valence-electron chi connectivity index (χ4n) is 3.03. The first-order chi connectivity index (χ1) is 7.72. The standard InChI is InChI=1S/C12H17N3O/c1-15-5-4-11(14-15)12(16)8-6-9-2-3-10(7-8)13-9/h4-5,8-10,13H,2-3,6-7H2,1H3. The fourth-order valence-corrected chi connectivity index (χ4v) is 3.03. The summed E-state index contributed by atoms with van der Waals surface area (Å²) < 4.78 is 1.70. The van der Waals surface area contributed by atoms with Crippen LogP contribution < -0.4 is 5.32 Å². The van der Waals surface area contributed by atoms with Crippen molar-refractivity contribution in [3.05, 3.63) is 18.0 Å². The third kappa shape index (κ3) is 1.67. The summed E-state index contributed by atoms with van der Waals surface area (Å²) in [5, 5.41) is 7.76. The van der Waals surface area contributed by atoms with Gasteiger partial charge >= 0.3 is 0 Å². The number of piperidine rings is 1. The number of hydrogen-bond donors (Lipinski definition) is 1. The Hall–Kier alpha value is -1.16. The minimum absolute atomic E-state index is 0.189. The molecule has 2 aliphatic heterocycles. The van der Waals surface area contributed by atoms with E-state index in [9.17, 15) is 4.79 Å². The van der Waals surface area contributed by atoms with E-state index in [-0.39, 0.29) is 11.7 Å². The van der Waals surface area contributed by atoms with Crippen molar-refractivity contribution in [3.63, 3.8) is 0 Å². The number of nitrogens with one attached hydrogen (secondary N) is 1. The molecular weight excluding hydrogens is 202 g/mol. The van der Waals surface area contributed by atoms with Crippen molar-refractivity contribution < 1.29 is 4.79 Å². The Balaban J connectivity index is 1.76. The van der Waals surface area contributed by atoms with Crippen LogP contribution in [0, 0.1) is 5.92 Å². The van der Waals surface area contributed by atoms with Crippen LogP contribution in [0.2, 0.25) is 0 Å². The van der Waals surface area contributed by atoms with Gasteiger partial charge in [-0.25, -0.2) is 0 Å². The van der Waals surface area contributed by atoms with E-state index in [1.807, 2.05) is 19.3 Å². The monoisotopic (exact) mass is 219 g/mol. The van der Waals surface area contributed by atoms with Gasteiger partial charge in [0.25, 0.3) is 0 Å². The van der Waals surface area contributed by atoms with E-state index < -0.39 is 0 Å². The third-order valence-electron chi connectivity index (χ3n) is 3.81. The zero-order valence-electron chi connectivity index (χ0n) is 9.52. The number of aryl methyl sites for hydroxylation is 1. The molecule has 2 unspecified atom stereocenters. The molecule has 3 heterocycles. The predicted molar refractivity (Wildman–Crippen MR) is 60.2 cm³/mol. The first kappa shape index (κ1) is 10.0. The Kier molecular flexibility index (Phi) is 2.32. The number of carbonyl (C=O) groups is 1. The molecule has 2 bridgehead atoms. The summed E-state index contributed by atoms with van der Waals surface area (Å²) in [5.41, 5.74) is 0.633. The number of aromatic nitrogens is 2. The van der Waals surface area contributed by atoms with Gasteiger partial charge in [-0.1, -0.05) is 0 Å². The molecule has 4 nitrogen and oxygen atoms in total. The van der Waals surface area contributed by atoms with E-state index in [1.54, 1.807) is 4.68 Å². The second-order valence-electron chi connectivity index (χ2n) is 5.05. The average molecular weight is 219 g/mol. The maximum Gasteiger partial charge on any atom is 0.186 e. The lowest BCUT2D eigenvalue weighted by Crippen LogP contribution is -2.40. The van der Waals surface area contributed by atoms with Crippen molar-refractivity contribution in [1.29, 1.82) is 0 Å². The number of rotatable bonds is 2. The van der Waals surface area contributed by atoms with Crippen LogP contribution in [0.4, 0.5) is 0 Å². The van der Waals surface area contributed by atoms with Crippen LogP contribution in [0.3, 0.4) is 0 Å². The number of Topliss-reactive ketones (excluding diaryl/α,β-unsaturated/α-hetero) is 1. The van der Waals surface area contributed by atoms with E-state index in [0.29, 0.717) is 17.8 Å². The topological polar surface area (TPSA) is 46.9 Å². The minimum atomic E-state index is 0.189. The van der Waals surface area contributed by atoms with Crippen LogP contribution in [0.1, 0.15) is 36.2 Å². The zero-order valence-corrected chi connectivity index (χ0v) is 9.52. The molecule has 0 saturated carbocycles. The summed E-state index contributed by atoms with van der Waals surface area (Å²) in [6.45, 7) is 0. The molecule has 16 heavy (non-hydrogen) atoms. The molecule has 2 saturated heterocycles. The van der Waals surface area contributed by atoms with Gasteiger partial charge in [0.15, 0.2) is 5.78 Å². The fraction of sp³-hybridized carbons (Fsp3) is 0.667. The van der Waals surface area contributed by atoms with Crippen LogP contribution in [0.25, 0.3) is 0 Å². The summed E-state index contributed by atoms with van der Waals surface area (Å²) in [7, 11) is 1.85. The van der Waals surface area contributed by atoms with Gasteiger partial charge in [-0.05, 0) is 31.7 Å². The predicted octanol–water partition coefficient (Wildman–Crippen LogP) is 1.13. The van der Waals surface area contributed by atoms with Gasteiger partial charge in [-0.15, -0.1) is 0 Å².